The number of amides is 1. The summed E-state index contributed by atoms with van der Waals surface area (Å²) in [6.45, 7) is 0. The van der Waals surface area contributed by atoms with Crippen LogP contribution in [-0.4, -0.2) is 23.0 Å². The molecule has 0 bridgehead atoms. The summed E-state index contributed by atoms with van der Waals surface area (Å²) in [7, 11) is 0. The van der Waals surface area contributed by atoms with Crippen LogP contribution in [0, 0.1) is 0 Å². The summed E-state index contributed by atoms with van der Waals surface area (Å²) < 4.78 is 0. The van der Waals surface area contributed by atoms with Gasteiger partial charge < -0.3 is 10.4 Å². The predicted octanol–water partition coefficient (Wildman–Crippen LogP) is 2.66. The molecule has 0 aliphatic heterocycles. The molecule has 2 N–H and O–H groups in total. The fourth-order valence-electron chi connectivity index (χ4n) is 2.72. The highest BCUT2D eigenvalue weighted by Crippen LogP contribution is 2.30. The Labute approximate surface area is 132 Å². The van der Waals surface area contributed by atoms with Crippen molar-refractivity contribution >= 4 is 23.2 Å². The number of carboxylic acid groups (broad SMARTS) is 1. The summed E-state index contributed by atoms with van der Waals surface area (Å²) in [6, 6.07) is 10.3. The molecule has 1 aliphatic carbocycles. The van der Waals surface area contributed by atoms with Crippen LogP contribution in [0.25, 0.3) is 0 Å². The van der Waals surface area contributed by atoms with Gasteiger partial charge in [-0.2, -0.15) is 0 Å². The standard InChI is InChI=1S/C17H17NO3S/c19-16(15-10-12-7-4-8-14(12)22-15)18-13(17(20)21)9-11-5-2-1-3-6-11/h1-3,5-6,10,13H,4,7-9H2,(H,18,19)(H,20,21). The van der Waals surface area contributed by atoms with Gasteiger partial charge >= 0.3 is 5.97 Å². The van der Waals surface area contributed by atoms with E-state index in [9.17, 15) is 14.7 Å². The van der Waals surface area contributed by atoms with Gasteiger partial charge in [-0.05, 0) is 36.5 Å². The maximum Gasteiger partial charge on any atom is 0.326 e. The molecule has 1 atom stereocenters. The summed E-state index contributed by atoms with van der Waals surface area (Å²) in [5.74, 6) is -1.30. The van der Waals surface area contributed by atoms with Crippen LogP contribution in [0.3, 0.4) is 0 Å². The highest BCUT2D eigenvalue weighted by Gasteiger charge is 2.24. The Morgan fingerprint density at radius 1 is 1.23 bits per heavy atom. The number of carboxylic acids is 1. The van der Waals surface area contributed by atoms with E-state index in [2.05, 4.69) is 5.32 Å². The van der Waals surface area contributed by atoms with Gasteiger partial charge in [0.15, 0.2) is 0 Å². The van der Waals surface area contributed by atoms with Crippen LogP contribution in [0.15, 0.2) is 36.4 Å². The van der Waals surface area contributed by atoms with E-state index < -0.39 is 12.0 Å². The van der Waals surface area contributed by atoms with Gasteiger partial charge in [0.25, 0.3) is 5.91 Å². The number of aryl methyl sites for hydroxylation is 2. The van der Waals surface area contributed by atoms with Gasteiger partial charge in [0.05, 0.1) is 4.88 Å². The third-order valence-corrected chi connectivity index (χ3v) is 5.09. The average molecular weight is 315 g/mol. The zero-order valence-corrected chi connectivity index (χ0v) is 12.9. The van der Waals surface area contributed by atoms with E-state index in [1.807, 2.05) is 36.4 Å². The lowest BCUT2D eigenvalue weighted by atomic mass is 10.1. The Hall–Kier alpha value is -2.14. The molecule has 1 heterocycles. The minimum absolute atomic E-state index is 0.285. The van der Waals surface area contributed by atoms with Crippen LogP contribution in [0.4, 0.5) is 0 Å². The third-order valence-electron chi connectivity index (χ3n) is 3.86. The molecule has 0 saturated heterocycles. The monoisotopic (exact) mass is 315 g/mol. The van der Waals surface area contributed by atoms with Crippen LogP contribution < -0.4 is 5.32 Å². The lowest BCUT2D eigenvalue weighted by molar-refractivity contribution is -0.139. The van der Waals surface area contributed by atoms with Crippen LogP contribution in [0.1, 0.15) is 32.1 Å². The predicted molar refractivity (Wildman–Crippen MR) is 85.4 cm³/mol. The summed E-state index contributed by atoms with van der Waals surface area (Å²) >= 11 is 1.49. The van der Waals surface area contributed by atoms with Crippen molar-refractivity contribution in [1.82, 2.24) is 5.32 Å². The fraction of sp³-hybridized carbons (Fsp3) is 0.294. The first-order valence-electron chi connectivity index (χ1n) is 7.32. The third kappa shape index (κ3) is 3.20. The minimum atomic E-state index is -1.01. The van der Waals surface area contributed by atoms with Gasteiger partial charge in [-0.25, -0.2) is 4.79 Å². The van der Waals surface area contributed by atoms with Crippen molar-refractivity contribution in [3.8, 4) is 0 Å². The molecule has 1 aromatic heterocycles. The number of fused-ring (bicyclic) bond motifs is 1. The quantitative estimate of drug-likeness (QED) is 0.891. The van der Waals surface area contributed by atoms with Crippen molar-refractivity contribution in [1.29, 1.82) is 0 Å². The number of carbonyl (C=O) groups is 2. The Morgan fingerprint density at radius 2 is 2.00 bits per heavy atom. The molecule has 1 amide bonds. The Balaban J connectivity index is 1.70. The number of rotatable bonds is 5. The van der Waals surface area contributed by atoms with Crippen molar-refractivity contribution in [3.05, 3.63) is 57.3 Å². The average Bonchev–Trinajstić information content (AvgIpc) is 3.08. The van der Waals surface area contributed by atoms with E-state index in [-0.39, 0.29) is 12.3 Å². The van der Waals surface area contributed by atoms with E-state index in [1.165, 1.54) is 21.8 Å². The molecular weight excluding hydrogens is 298 g/mol. The lowest BCUT2D eigenvalue weighted by Gasteiger charge is -2.14. The Morgan fingerprint density at radius 3 is 2.68 bits per heavy atom. The topological polar surface area (TPSA) is 66.4 Å². The van der Waals surface area contributed by atoms with Gasteiger partial charge in [-0.1, -0.05) is 30.3 Å². The van der Waals surface area contributed by atoms with Crippen LogP contribution in [0.5, 0.6) is 0 Å². The number of hydrogen-bond donors (Lipinski definition) is 2. The van der Waals surface area contributed by atoms with Gasteiger partial charge in [-0.3, -0.25) is 4.79 Å². The van der Waals surface area contributed by atoms with E-state index in [1.54, 1.807) is 0 Å². The lowest BCUT2D eigenvalue weighted by Crippen LogP contribution is -2.42. The smallest absolute Gasteiger partial charge is 0.326 e. The molecule has 22 heavy (non-hydrogen) atoms. The molecule has 0 fully saturated rings. The normalized spacial score (nSPS) is 14.4. The largest absolute Gasteiger partial charge is 0.480 e. The SMILES string of the molecule is O=C(NC(Cc1ccccc1)C(=O)O)c1cc2c(s1)CCC2. The fourth-order valence-corrected chi connectivity index (χ4v) is 3.88. The first-order valence-corrected chi connectivity index (χ1v) is 8.14. The number of carbonyl (C=O) groups excluding carboxylic acids is 1. The summed E-state index contributed by atoms with van der Waals surface area (Å²) in [6.07, 6.45) is 3.48. The summed E-state index contributed by atoms with van der Waals surface area (Å²) in [5.41, 5.74) is 2.13. The van der Waals surface area contributed by atoms with Gasteiger partial charge in [0, 0.05) is 11.3 Å². The summed E-state index contributed by atoms with van der Waals surface area (Å²) in [5, 5.41) is 12.0. The Bertz CT molecular complexity index is 672. The van der Waals surface area contributed by atoms with Gasteiger partial charge in [0.2, 0.25) is 0 Å². The van der Waals surface area contributed by atoms with Gasteiger partial charge in [-0.15, -0.1) is 11.3 Å². The molecular formula is C17H17NO3S. The van der Waals surface area contributed by atoms with Crippen molar-refractivity contribution in [3.63, 3.8) is 0 Å². The van der Waals surface area contributed by atoms with E-state index in [0.29, 0.717) is 4.88 Å². The highest BCUT2D eigenvalue weighted by atomic mass is 32.1. The minimum Gasteiger partial charge on any atom is -0.480 e. The molecule has 114 valence electrons. The molecule has 1 aliphatic rings. The van der Waals surface area contributed by atoms with Gasteiger partial charge in [0.1, 0.15) is 6.04 Å². The molecule has 0 radical (unpaired) electrons. The second kappa shape index (κ2) is 6.32. The van der Waals surface area contributed by atoms with Crippen molar-refractivity contribution in [2.75, 3.05) is 0 Å². The Kier molecular flexibility index (Phi) is 4.24. The van der Waals surface area contributed by atoms with Crippen LogP contribution in [0.2, 0.25) is 0 Å². The molecule has 1 unspecified atom stereocenters. The number of hydrogen-bond acceptors (Lipinski definition) is 3. The zero-order chi connectivity index (χ0) is 15.5. The highest BCUT2D eigenvalue weighted by molar-refractivity contribution is 7.14. The van der Waals surface area contributed by atoms with Crippen molar-refractivity contribution in [2.24, 2.45) is 0 Å². The first kappa shape index (κ1) is 14.8. The van der Waals surface area contributed by atoms with Crippen molar-refractivity contribution < 1.29 is 14.7 Å². The van der Waals surface area contributed by atoms with Crippen LogP contribution >= 0.6 is 11.3 Å². The first-order chi connectivity index (χ1) is 10.6. The van der Waals surface area contributed by atoms with Crippen LogP contribution in [-0.2, 0) is 24.1 Å². The number of nitrogens with one attached hydrogen (secondary N) is 1. The second-order valence-corrected chi connectivity index (χ2v) is 6.60. The molecule has 1 aromatic carbocycles. The number of aliphatic carboxylic acids is 1. The van der Waals surface area contributed by atoms with E-state index in [0.717, 1.165) is 24.8 Å². The molecule has 0 saturated carbocycles. The molecule has 4 nitrogen and oxygen atoms in total. The number of thiophene rings is 1. The molecule has 0 spiro atoms. The molecule has 3 rings (SSSR count). The zero-order valence-electron chi connectivity index (χ0n) is 12.0. The maximum atomic E-state index is 12.3. The molecule has 2 aromatic rings. The van der Waals surface area contributed by atoms with E-state index in [4.69, 9.17) is 0 Å². The maximum absolute atomic E-state index is 12.3. The summed E-state index contributed by atoms with van der Waals surface area (Å²) in [4.78, 5) is 25.6. The number of benzene rings is 1. The molecule has 5 heteroatoms. The second-order valence-electron chi connectivity index (χ2n) is 5.47. The van der Waals surface area contributed by atoms with Crippen molar-refractivity contribution in [2.45, 2.75) is 31.7 Å². The van der Waals surface area contributed by atoms with E-state index >= 15 is 0 Å².